The largest absolute Gasteiger partial charge is 0.383 e. The number of amides is 2. The Morgan fingerprint density at radius 2 is 1.92 bits per heavy atom. The first-order valence-electron chi connectivity index (χ1n) is 7.85. The average molecular weight is 330 g/mol. The van der Waals surface area contributed by atoms with Gasteiger partial charge in [0.1, 0.15) is 12.1 Å². The van der Waals surface area contributed by atoms with Gasteiger partial charge in [0, 0.05) is 12.6 Å². The quantitative estimate of drug-likeness (QED) is 0.685. The third-order valence-electron chi connectivity index (χ3n) is 3.57. The molecule has 7 heteroatoms. The average Bonchev–Trinajstić information content (AvgIpc) is 2.53. The molecule has 2 aromatic rings. The summed E-state index contributed by atoms with van der Waals surface area (Å²) in [6.07, 6.45) is 0.810. The molecule has 4 N–H and O–H groups in total. The van der Waals surface area contributed by atoms with Crippen molar-refractivity contribution < 1.29 is 14.7 Å². The van der Waals surface area contributed by atoms with Gasteiger partial charge < -0.3 is 16.2 Å². The fraction of sp³-hybridized carbons (Fsp3) is 0.412. The summed E-state index contributed by atoms with van der Waals surface area (Å²) >= 11 is 0. The SMILES string of the molecule is CC(C)C[C@@H](O)C(=O)N[C@H](Cc1cnc2ccccc2n1)C(N)=O. The topological polar surface area (TPSA) is 118 Å². The minimum atomic E-state index is -1.17. The van der Waals surface area contributed by atoms with Crippen LogP contribution < -0.4 is 11.1 Å². The summed E-state index contributed by atoms with van der Waals surface area (Å²) in [5.74, 6) is -1.14. The van der Waals surface area contributed by atoms with E-state index in [4.69, 9.17) is 5.73 Å². The molecule has 0 fully saturated rings. The zero-order valence-electron chi connectivity index (χ0n) is 13.8. The number of rotatable bonds is 7. The monoisotopic (exact) mass is 330 g/mol. The lowest BCUT2D eigenvalue weighted by atomic mass is 10.0. The molecule has 0 aliphatic rings. The van der Waals surface area contributed by atoms with Crippen molar-refractivity contribution in [1.82, 2.24) is 15.3 Å². The number of aromatic nitrogens is 2. The molecule has 1 aromatic heterocycles. The zero-order valence-corrected chi connectivity index (χ0v) is 13.8. The van der Waals surface area contributed by atoms with E-state index in [0.29, 0.717) is 17.6 Å². The highest BCUT2D eigenvalue weighted by Crippen LogP contribution is 2.10. The normalized spacial score (nSPS) is 13.7. The molecule has 2 rings (SSSR count). The predicted octanol–water partition coefficient (Wildman–Crippen LogP) is 0.549. The van der Waals surface area contributed by atoms with Gasteiger partial charge in [-0.15, -0.1) is 0 Å². The highest BCUT2D eigenvalue weighted by atomic mass is 16.3. The molecule has 2 atom stereocenters. The minimum absolute atomic E-state index is 0.118. The van der Waals surface area contributed by atoms with Gasteiger partial charge in [0.2, 0.25) is 11.8 Å². The number of para-hydroxylation sites is 2. The number of nitrogens with zero attached hydrogens (tertiary/aromatic N) is 2. The van der Waals surface area contributed by atoms with E-state index in [2.05, 4.69) is 15.3 Å². The van der Waals surface area contributed by atoms with E-state index in [1.165, 1.54) is 0 Å². The number of primary amides is 1. The second-order valence-electron chi connectivity index (χ2n) is 6.16. The van der Waals surface area contributed by atoms with Gasteiger partial charge in [-0.1, -0.05) is 26.0 Å². The van der Waals surface area contributed by atoms with E-state index in [0.717, 1.165) is 5.52 Å². The molecule has 0 unspecified atom stereocenters. The van der Waals surface area contributed by atoms with Crippen molar-refractivity contribution in [3.05, 3.63) is 36.2 Å². The molecule has 0 spiro atoms. The first-order chi connectivity index (χ1) is 11.4. The van der Waals surface area contributed by atoms with E-state index in [1.807, 2.05) is 38.1 Å². The van der Waals surface area contributed by atoms with Gasteiger partial charge in [0.05, 0.1) is 16.7 Å². The maximum atomic E-state index is 12.0. The molecule has 1 heterocycles. The molecule has 0 aliphatic heterocycles. The van der Waals surface area contributed by atoms with Crippen molar-refractivity contribution in [3.8, 4) is 0 Å². The van der Waals surface area contributed by atoms with E-state index in [1.54, 1.807) is 6.20 Å². The molecular weight excluding hydrogens is 308 g/mol. The van der Waals surface area contributed by atoms with Crippen LogP contribution in [-0.2, 0) is 16.0 Å². The van der Waals surface area contributed by atoms with Gasteiger partial charge in [-0.3, -0.25) is 14.6 Å². The lowest BCUT2D eigenvalue weighted by Crippen LogP contribution is -2.49. The van der Waals surface area contributed by atoms with E-state index >= 15 is 0 Å². The Labute approximate surface area is 140 Å². The Morgan fingerprint density at radius 3 is 2.54 bits per heavy atom. The Hall–Kier alpha value is -2.54. The minimum Gasteiger partial charge on any atom is -0.383 e. The van der Waals surface area contributed by atoms with Crippen LogP contribution >= 0.6 is 0 Å². The molecule has 128 valence electrons. The van der Waals surface area contributed by atoms with Crippen molar-refractivity contribution in [2.75, 3.05) is 0 Å². The number of aliphatic hydroxyl groups excluding tert-OH is 1. The third-order valence-corrected chi connectivity index (χ3v) is 3.57. The molecule has 0 saturated carbocycles. The molecule has 2 amide bonds. The van der Waals surface area contributed by atoms with Crippen molar-refractivity contribution in [2.45, 2.75) is 38.8 Å². The molecule has 0 aliphatic carbocycles. The Morgan fingerprint density at radius 1 is 1.25 bits per heavy atom. The number of nitrogens with two attached hydrogens (primary N) is 1. The van der Waals surface area contributed by atoms with Crippen LogP contribution in [0.4, 0.5) is 0 Å². The summed E-state index contributed by atoms with van der Waals surface area (Å²) in [5.41, 5.74) is 7.34. The number of hydrogen-bond acceptors (Lipinski definition) is 5. The van der Waals surface area contributed by atoms with Gasteiger partial charge in [-0.05, 0) is 24.5 Å². The Kier molecular flexibility index (Phi) is 5.81. The fourth-order valence-corrected chi connectivity index (χ4v) is 2.35. The first kappa shape index (κ1) is 17.8. The lowest BCUT2D eigenvalue weighted by Gasteiger charge is -2.18. The molecule has 1 aromatic carbocycles. The van der Waals surface area contributed by atoms with E-state index in [-0.39, 0.29) is 12.3 Å². The van der Waals surface area contributed by atoms with Crippen molar-refractivity contribution in [3.63, 3.8) is 0 Å². The van der Waals surface area contributed by atoms with Crippen molar-refractivity contribution in [1.29, 1.82) is 0 Å². The summed E-state index contributed by atoms with van der Waals surface area (Å²) in [6, 6.07) is 6.41. The molecule has 24 heavy (non-hydrogen) atoms. The van der Waals surface area contributed by atoms with Crippen LogP contribution in [0, 0.1) is 5.92 Å². The smallest absolute Gasteiger partial charge is 0.249 e. The first-order valence-corrected chi connectivity index (χ1v) is 7.85. The molecule has 0 bridgehead atoms. The lowest BCUT2D eigenvalue weighted by molar-refractivity contribution is -0.133. The predicted molar refractivity (Wildman–Crippen MR) is 89.8 cm³/mol. The van der Waals surface area contributed by atoms with Gasteiger partial charge in [0.25, 0.3) is 0 Å². The number of fused-ring (bicyclic) bond motifs is 1. The summed E-state index contributed by atoms with van der Waals surface area (Å²) in [6.45, 7) is 3.79. The van der Waals surface area contributed by atoms with E-state index in [9.17, 15) is 14.7 Å². The molecule has 7 nitrogen and oxygen atoms in total. The standard InChI is InChI=1S/C17H22N4O3/c1-10(2)7-15(22)17(24)21-14(16(18)23)8-11-9-19-12-5-3-4-6-13(12)20-11/h3-6,9-10,14-15,22H,7-8H2,1-2H3,(H2,18,23)(H,21,24)/t14-,15-/m1/s1. The summed E-state index contributed by atoms with van der Waals surface area (Å²) in [7, 11) is 0. The summed E-state index contributed by atoms with van der Waals surface area (Å²) < 4.78 is 0. The second-order valence-corrected chi connectivity index (χ2v) is 6.16. The van der Waals surface area contributed by atoms with E-state index < -0.39 is 24.0 Å². The zero-order chi connectivity index (χ0) is 17.7. The summed E-state index contributed by atoms with van der Waals surface area (Å²) in [4.78, 5) is 32.3. The van der Waals surface area contributed by atoms with Crippen LogP contribution in [0.2, 0.25) is 0 Å². The number of aliphatic hydroxyl groups is 1. The number of carbonyl (C=O) groups is 2. The Balaban J connectivity index is 2.09. The second kappa shape index (κ2) is 7.83. The highest BCUT2D eigenvalue weighted by Gasteiger charge is 2.24. The van der Waals surface area contributed by atoms with Crippen LogP contribution in [0.25, 0.3) is 11.0 Å². The third kappa shape index (κ3) is 4.73. The van der Waals surface area contributed by atoms with Crippen LogP contribution in [0.5, 0.6) is 0 Å². The Bertz CT molecular complexity index is 733. The number of carbonyl (C=O) groups excluding carboxylic acids is 2. The number of nitrogens with one attached hydrogen (secondary N) is 1. The molecular formula is C17H22N4O3. The number of hydrogen-bond donors (Lipinski definition) is 3. The van der Waals surface area contributed by atoms with Gasteiger partial charge >= 0.3 is 0 Å². The van der Waals surface area contributed by atoms with Crippen molar-refractivity contribution in [2.24, 2.45) is 11.7 Å². The van der Waals surface area contributed by atoms with Gasteiger partial charge in [-0.2, -0.15) is 0 Å². The van der Waals surface area contributed by atoms with Crippen LogP contribution in [0.15, 0.2) is 30.5 Å². The van der Waals surface area contributed by atoms with Gasteiger partial charge in [0.15, 0.2) is 0 Å². The van der Waals surface area contributed by atoms with Crippen molar-refractivity contribution >= 4 is 22.8 Å². The van der Waals surface area contributed by atoms with Crippen LogP contribution in [-0.4, -0.2) is 39.0 Å². The van der Waals surface area contributed by atoms with Gasteiger partial charge in [-0.25, -0.2) is 4.98 Å². The van der Waals surface area contributed by atoms with Crippen LogP contribution in [0.3, 0.4) is 0 Å². The maximum Gasteiger partial charge on any atom is 0.249 e. The summed E-state index contributed by atoms with van der Waals surface area (Å²) in [5, 5.41) is 12.3. The highest BCUT2D eigenvalue weighted by molar-refractivity contribution is 5.88. The molecule has 0 saturated heterocycles. The maximum absolute atomic E-state index is 12.0. The fourth-order valence-electron chi connectivity index (χ4n) is 2.35. The van der Waals surface area contributed by atoms with Crippen LogP contribution in [0.1, 0.15) is 26.0 Å². The molecule has 0 radical (unpaired) electrons. The number of benzene rings is 1.